The van der Waals surface area contributed by atoms with Gasteiger partial charge in [0.25, 0.3) is 0 Å². The molecule has 7 heavy (non-hydrogen) atoms. The summed E-state index contributed by atoms with van der Waals surface area (Å²) in [4.78, 5) is 0. The normalized spacial score (nSPS) is 4.29. The molecule has 45 valence electrons. The number of hydrogen-bond acceptors (Lipinski definition) is 1. The van der Waals surface area contributed by atoms with Gasteiger partial charge in [0.05, 0.1) is 0 Å². The number of rotatable bonds is 1. The Morgan fingerprint density at radius 3 is 1.43 bits per heavy atom. The van der Waals surface area contributed by atoms with Gasteiger partial charge in [-0.3, -0.25) is 0 Å². The molecule has 0 atom stereocenters. The van der Waals surface area contributed by atoms with E-state index in [0.29, 0.717) is 6.61 Å². The average molecular weight is 181 g/mol. The number of hydrogen-bond donors (Lipinski definition) is 1. The SMILES string of the molecule is C.C.CCCO.[Y]. The summed E-state index contributed by atoms with van der Waals surface area (Å²) in [6, 6.07) is 0. The molecule has 0 aromatic rings. The Labute approximate surface area is 72.4 Å². The first kappa shape index (κ1) is 24.4. The molecule has 0 saturated heterocycles. The molecule has 0 fully saturated rings. The van der Waals surface area contributed by atoms with Gasteiger partial charge in [-0.1, -0.05) is 21.8 Å². The quantitative estimate of drug-likeness (QED) is 0.652. The minimum atomic E-state index is 0. The largest absolute Gasteiger partial charge is 0.396 e. The van der Waals surface area contributed by atoms with Crippen LogP contribution in [0.4, 0.5) is 0 Å². The predicted molar refractivity (Wildman–Crippen MR) is 30.8 cm³/mol. The summed E-state index contributed by atoms with van der Waals surface area (Å²) in [5.41, 5.74) is 0. The summed E-state index contributed by atoms with van der Waals surface area (Å²) in [6.45, 7) is 2.25. The van der Waals surface area contributed by atoms with E-state index in [-0.39, 0.29) is 47.6 Å². The molecule has 0 aliphatic carbocycles. The van der Waals surface area contributed by atoms with E-state index in [1.54, 1.807) is 0 Å². The molecule has 0 aromatic heterocycles. The molecule has 0 heterocycles. The number of aliphatic hydroxyl groups excluding tert-OH is 1. The van der Waals surface area contributed by atoms with Crippen molar-refractivity contribution in [3.63, 3.8) is 0 Å². The topological polar surface area (TPSA) is 20.2 Å². The summed E-state index contributed by atoms with van der Waals surface area (Å²) in [5, 5.41) is 7.88. The van der Waals surface area contributed by atoms with Gasteiger partial charge in [0.1, 0.15) is 0 Å². The van der Waals surface area contributed by atoms with Gasteiger partial charge >= 0.3 is 0 Å². The van der Waals surface area contributed by atoms with E-state index in [1.165, 1.54) is 0 Å². The third kappa shape index (κ3) is 42.5. The van der Waals surface area contributed by atoms with Crippen LogP contribution in [0.2, 0.25) is 0 Å². The Balaban J connectivity index is -0.0000000150. The Kier molecular flexibility index (Phi) is 96.3. The molecule has 2 heteroatoms. The maximum absolute atomic E-state index is 7.88. The second-order valence-electron chi connectivity index (χ2n) is 0.724. The average Bonchev–Trinajstić information content (AvgIpc) is 1.37. The van der Waals surface area contributed by atoms with Crippen molar-refractivity contribution in [2.24, 2.45) is 0 Å². The van der Waals surface area contributed by atoms with Gasteiger partial charge in [-0.2, -0.15) is 0 Å². The zero-order chi connectivity index (χ0) is 3.41. The molecule has 0 aromatic carbocycles. The van der Waals surface area contributed by atoms with Crippen molar-refractivity contribution in [2.45, 2.75) is 28.2 Å². The summed E-state index contributed by atoms with van der Waals surface area (Å²) in [6.07, 6.45) is 0.875. The standard InChI is InChI=1S/C3H8O.2CH4.Y/c1-2-3-4;;;/h4H,2-3H2,1H3;2*1H4;. The van der Waals surface area contributed by atoms with Crippen molar-refractivity contribution >= 4 is 0 Å². The van der Waals surface area contributed by atoms with E-state index in [2.05, 4.69) is 0 Å². The van der Waals surface area contributed by atoms with Crippen LogP contribution in [0.5, 0.6) is 0 Å². The van der Waals surface area contributed by atoms with Crippen molar-refractivity contribution in [1.29, 1.82) is 0 Å². The van der Waals surface area contributed by atoms with Crippen LogP contribution in [-0.2, 0) is 32.7 Å². The minimum Gasteiger partial charge on any atom is -0.396 e. The first-order chi connectivity index (χ1) is 1.91. The molecule has 0 amide bonds. The molecule has 0 spiro atoms. The summed E-state index contributed by atoms with van der Waals surface area (Å²) in [5.74, 6) is 0. The number of aliphatic hydroxyl groups is 1. The van der Waals surface area contributed by atoms with Gasteiger partial charge in [-0.05, 0) is 6.42 Å². The molecule has 0 unspecified atom stereocenters. The molecule has 0 rings (SSSR count). The molecule has 1 nitrogen and oxygen atoms in total. The fourth-order valence-corrected chi connectivity index (χ4v) is 0. The van der Waals surface area contributed by atoms with Gasteiger partial charge in [0.15, 0.2) is 0 Å². The van der Waals surface area contributed by atoms with E-state index in [1.807, 2.05) is 6.92 Å². The third-order valence-corrected chi connectivity index (χ3v) is 0.224. The van der Waals surface area contributed by atoms with Gasteiger partial charge in [0.2, 0.25) is 0 Å². The van der Waals surface area contributed by atoms with Crippen LogP contribution < -0.4 is 0 Å². The van der Waals surface area contributed by atoms with Crippen molar-refractivity contribution < 1.29 is 37.8 Å². The molecule has 1 N–H and O–H groups in total. The van der Waals surface area contributed by atoms with Gasteiger partial charge in [-0.15, -0.1) is 0 Å². The Morgan fingerprint density at radius 1 is 1.29 bits per heavy atom. The predicted octanol–water partition coefficient (Wildman–Crippen LogP) is 1.66. The van der Waals surface area contributed by atoms with Crippen molar-refractivity contribution in [2.75, 3.05) is 6.61 Å². The van der Waals surface area contributed by atoms with Crippen LogP contribution in [0.15, 0.2) is 0 Å². The molecular formula is C5H16OY. The maximum atomic E-state index is 7.88. The van der Waals surface area contributed by atoms with Crippen molar-refractivity contribution in [3.8, 4) is 0 Å². The fraction of sp³-hybridized carbons (Fsp3) is 1.00. The molecule has 0 saturated carbocycles. The van der Waals surface area contributed by atoms with E-state index < -0.39 is 0 Å². The molecule has 0 bridgehead atoms. The first-order valence-corrected chi connectivity index (χ1v) is 1.52. The van der Waals surface area contributed by atoms with E-state index in [9.17, 15) is 0 Å². The van der Waals surface area contributed by atoms with Gasteiger partial charge in [0, 0.05) is 39.3 Å². The first-order valence-electron chi connectivity index (χ1n) is 1.52. The van der Waals surface area contributed by atoms with Crippen LogP contribution in [0.1, 0.15) is 28.2 Å². The van der Waals surface area contributed by atoms with E-state index in [0.717, 1.165) is 6.42 Å². The summed E-state index contributed by atoms with van der Waals surface area (Å²) in [7, 11) is 0. The fourth-order valence-electron chi connectivity index (χ4n) is 0. The van der Waals surface area contributed by atoms with Gasteiger partial charge < -0.3 is 5.11 Å². The monoisotopic (exact) mass is 181 g/mol. The van der Waals surface area contributed by atoms with Crippen LogP contribution in [0.3, 0.4) is 0 Å². The molecular weight excluding hydrogens is 165 g/mol. The zero-order valence-electron chi connectivity index (χ0n) is 3.44. The molecule has 0 aliphatic rings. The second-order valence-corrected chi connectivity index (χ2v) is 0.724. The third-order valence-electron chi connectivity index (χ3n) is 0.224. The van der Waals surface area contributed by atoms with Crippen molar-refractivity contribution in [1.82, 2.24) is 0 Å². The van der Waals surface area contributed by atoms with Gasteiger partial charge in [-0.25, -0.2) is 0 Å². The summed E-state index contributed by atoms with van der Waals surface area (Å²) < 4.78 is 0. The Bertz CT molecular complexity index is 10.0. The smallest absolute Gasteiger partial charge is 0.0428 e. The van der Waals surface area contributed by atoms with Crippen LogP contribution >= 0.6 is 0 Å². The van der Waals surface area contributed by atoms with Crippen molar-refractivity contribution in [3.05, 3.63) is 0 Å². The minimum absolute atomic E-state index is 0. The maximum Gasteiger partial charge on any atom is 0.0428 e. The molecule has 1 radical (unpaired) electrons. The van der Waals surface area contributed by atoms with Crippen LogP contribution in [0.25, 0.3) is 0 Å². The Hall–Kier alpha value is 1.06. The van der Waals surface area contributed by atoms with E-state index in [4.69, 9.17) is 5.11 Å². The zero-order valence-corrected chi connectivity index (χ0v) is 6.28. The van der Waals surface area contributed by atoms with E-state index >= 15 is 0 Å². The second kappa shape index (κ2) is 27.7. The Morgan fingerprint density at radius 2 is 1.43 bits per heavy atom. The van der Waals surface area contributed by atoms with Crippen LogP contribution in [0, 0.1) is 0 Å². The van der Waals surface area contributed by atoms with Crippen LogP contribution in [-0.4, -0.2) is 11.7 Å². The molecule has 0 aliphatic heterocycles. The summed E-state index contributed by atoms with van der Waals surface area (Å²) >= 11 is 0.